The van der Waals surface area contributed by atoms with Crippen molar-refractivity contribution in [1.29, 1.82) is 0 Å². The van der Waals surface area contributed by atoms with E-state index in [4.69, 9.17) is 11.6 Å². The number of sulfonamides is 1. The van der Waals surface area contributed by atoms with Gasteiger partial charge in [0.05, 0.1) is 18.5 Å². The topological polar surface area (TPSA) is 66.5 Å². The van der Waals surface area contributed by atoms with Crippen LogP contribution in [0.5, 0.6) is 0 Å². The summed E-state index contributed by atoms with van der Waals surface area (Å²) in [5.74, 6) is 0.495. The first-order chi connectivity index (χ1) is 13.8. The maximum absolute atomic E-state index is 12.4. The number of hydrogen-bond donors (Lipinski definition) is 1. The number of anilines is 1. The van der Waals surface area contributed by atoms with E-state index in [-0.39, 0.29) is 12.5 Å². The van der Waals surface area contributed by atoms with Gasteiger partial charge in [-0.15, -0.1) is 0 Å². The van der Waals surface area contributed by atoms with Gasteiger partial charge in [-0.1, -0.05) is 43.0 Å². The summed E-state index contributed by atoms with van der Waals surface area (Å²) in [4.78, 5) is 12.4. The van der Waals surface area contributed by atoms with Crippen molar-refractivity contribution in [1.82, 2.24) is 5.32 Å². The van der Waals surface area contributed by atoms with Crippen LogP contribution >= 0.6 is 11.6 Å². The van der Waals surface area contributed by atoms with Gasteiger partial charge < -0.3 is 5.32 Å². The van der Waals surface area contributed by atoms with Gasteiger partial charge in [0.15, 0.2) is 0 Å². The fourth-order valence-electron chi connectivity index (χ4n) is 3.67. The molecule has 0 bridgehead atoms. The van der Waals surface area contributed by atoms with Gasteiger partial charge in [-0.2, -0.15) is 0 Å². The molecule has 7 heteroatoms. The third-order valence-electron chi connectivity index (χ3n) is 5.33. The van der Waals surface area contributed by atoms with Gasteiger partial charge in [0.25, 0.3) is 5.91 Å². The Morgan fingerprint density at radius 3 is 2.24 bits per heavy atom. The second-order valence-electron chi connectivity index (χ2n) is 7.66. The summed E-state index contributed by atoms with van der Waals surface area (Å²) < 4.78 is 25.8. The standard InChI is InChI=1S/C22H27ClN2O3S/c1-29(27,28)25(21-13-11-20(23)12-14-21)16-18-7-9-19(10-8-18)22(26)24-15-17-5-3-2-4-6-17/h7-14,17H,2-6,15-16H2,1H3,(H,24,26). The molecule has 0 heterocycles. The first-order valence-corrected chi connectivity index (χ1v) is 12.2. The molecule has 0 aromatic heterocycles. The second kappa shape index (κ2) is 9.63. The molecular formula is C22H27ClN2O3S. The molecular weight excluding hydrogens is 408 g/mol. The average Bonchev–Trinajstić information content (AvgIpc) is 2.71. The van der Waals surface area contributed by atoms with Gasteiger partial charge in [-0.3, -0.25) is 9.10 Å². The second-order valence-corrected chi connectivity index (χ2v) is 10.0. The first-order valence-electron chi connectivity index (χ1n) is 9.93. The Hall–Kier alpha value is -2.05. The highest BCUT2D eigenvalue weighted by Gasteiger charge is 2.18. The van der Waals surface area contributed by atoms with Crippen molar-refractivity contribution in [3.63, 3.8) is 0 Å². The van der Waals surface area contributed by atoms with Gasteiger partial charge >= 0.3 is 0 Å². The van der Waals surface area contributed by atoms with Crippen LogP contribution in [-0.2, 0) is 16.6 Å². The van der Waals surface area contributed by atoms with Crippen LogP contribution in [0.4, 0.5) is 5.69 Å². The van der Waals surface area contributed by atoms with Crippen LogP contribution < -0.4 is 9.62 Å². The summed E-state index contributed by atoms with van der Waals surface area (Å²) in [5.41, 5.74) is 1.93. The lowest BCUT2D eigenvalue weighted by Crippen LogP contribution is -2.30. The summed E-state index contributed by atoms with van der Waals surface area (Å²) in [7, 11) is -3.47. The number of rotatable bonds is 7. The zero-order valence-electron chi connectivity index (χ0n) is 16.6. The van der Waals surface area contributed by atoms with Gasteiger partial charge in [-0.25, -0.2) is 8.42 Å². The molecule has 1 N–H and O–H groups in total. The predicted molar refractivity (Wildman–Crippen MR) is 118 cm³/mol. The summed E-state index contributed by atoms with van der Waals surface area (Å²) in [5, 5.41) is 3.57. The Morgan fingerprint density at radius 2 is 1.66 bits per heavy atom. The lowest BCUT2D eigenvalue weighted by atomic mass is 9.89. The third-order valence-corrected chi connectivity index (χ3v) is 6.73. The van der Waals surface area contributed by atoms with Crippen LogP contribution in [0.2, 0.25) is 5.02 Å². The van der Waals surface area contributed by atoms with Crippen molar-refractivity contribution in [2.75, 3.05) is 17.1 Å². The molecule has 5 nitrogen and oxygen atoms in total. The highest BCUT2D eigenvalue weighted by atomic mass is 35.5. The number of amides is 1. The van der Waals surface area contributed by atoms with E-state index in [1.807, 2.05) is 0 Å². The number of carbonyl (C=O) groups is 1. The monoisotopic (exact) mass is 434 g/mol. The number of nitrogens with one attached hydrogen (secondary N) is 1. The van der Waals surface area contributed by atoms with Crippen LogP contribution in [0.1, 0.15) is 48.0 Å². The van der Waals surface area contributed by atoms with E-state index in [1.165, 1.54) is 42.7 Å². The van der Waals surface area contributed by atoms with E-state index in [0.29, 0.717) is 22.2 Å². The molecule has 0 atom stereocenters. The molecule has 0 aliphatic heterocycles. The van der Waals surface area contributed by atoms with Gasteiger partial charge in [0.1, 0.15) is 0 Å². The Morgan fingerprint density at radius 1 is 1.03 bits per heavy atom. The molecule has 1 fully saturated rings. The highest BCUT2D eigenvalue weighted by molar-refractivity contribution is 7.92. The molecule has 1 aliphatic rings. The van der Waals surface area contributed by atoms with Crippen molar-refractivity contribution in [2.24, 2.45) is 5.92 Å². The van der Waals surface area contributed by atoms with Gasteiger partial charge in [0.2, 0.25) is 10.0 Å². The highest BCUT2D eigenvalue weighted by Crippen LogP contribution is 2.24. The van der Waals surface area contributed by atoms with Gasteiger partial charge in [0, 0.05) is 17.1 Å². The number of nitrogens with zero attached hydrogens (tertiary/aromatic N) is 1. The minimum Gasteiger partial charge on any atom is -0.352 e. The predicted octanol–water partition coefficient (Wildman–Crippen LogP) is 4.62. The minimum absolute atomic E-state index is 0.0835. The third kappa shape index (κ3) is 6.21. The van der Waals surface area contributed by atoms with Crippen LogP contribution in [0, 0.1) is 5.92 Å². The summed E-state index contributed by atoms with van der Waals surface area (Å²) in [6.45, 7) is 0.906. The SMILES string of the molecule is CS(=O)(=O)N(Cc1ccc(C(=O)NCC2CCCCC2)cc1)c1ccc(Cl)cc1. The van der Waals surface area contributed by atoms with Crippen LogP contribution in [0.15, 0.2) is 48.5 Å². The van der Waals surface area contributed by atoms with Crippen molar-refractivity contribution in [3.05, 3.63) is 64.7 Å². The number of halogens is 1. The summed E-state index contributed by atoms with van der Waals surface area (Å²) in [6, 6.07) is 13.8. The zero-order chi connectivity index (χ0) is 20.9. The fraction of sp³-hybridized carbons (Fsp3) is 0.409. The number of benzene rings is 2. The smallest absolute Gasteiger partial charge is 0.251 e. The fourth-order valence-corrected chi connectivity index (χ4v) is 4.68. The first kappa shape index (κ1) is 21.7. The van der Waals surface area contributed by atoms with E-state index in [2.05, 4.69) is 5.32 Å². The maximum atomic E-state index is 12.4. The summed E-state index contributed by atoms with van der Waals surface area (Å²) in [6.07, 6.45) is 7.34. The largest absolute Gasteiger partial charge is 0.352 e. The molecule has 0 unspecified atom stereocenters. The summed E-state index contributed by atoms with van der Waals surface area (Å²) >= 11 is 5.91. The molecule has 0 radical (unpaired) electrons. The molecule has 2 aromatic rings. The molecule has 156 valence electrons. The van der Waals surface area contributed by atoms with Crippen molar-refractivity contribution >= 4 is 33.2 Å². The van der Waals surface area contributed by atoms with E-state index in [9.17, 15) is 13.2 Å². The minimum atomic E-state index is -3.47. The van der Waals surface area contributed by atoms with Gasteiger partial charge in [-0.05, 0) is 60.7 Å². The van der Waals surface area contributed by atoms with E-state index in [1.54, 1.807) is 48.5 Å². The Bertz CT molecular complexity index is 922. The molecule has 1 aliphatic carbocycles. The zero-order valence-corrected chi connectivity index (χ0v) is 18.2. The normalized spacial score (nSPS) is 15.1. The molecule has 0 saturated heterocycles. The maximum Gasteiger partial charge on any atom is 0.251 e. The molecule has 1 amide bonds. The van der Waals surface area contributed by atoms with Crippen LogP contribution in [0.3, 0.4) is 0 Å². The van der Waals surface area contributed by atoms with Crippen LogP contribution in [-0.4, -0.2) is 27.1 Å². The molecule has 2 aromatic carbocycles. The van der Waals surface area contributed by atoms with E-state index >= 15 is 0 Å². The lowest BCUT2D eigenvalue weighted by Gasteiger charge is -2.23. The molecule has 29 heavy (non-hydrogen) atoms. The van der Waals surface area contributed by atoms with Crippen LogP contribution in [0.25, 0.3) is 0 Å². The van der Waals surface area contributed by atoms with E-state index < -0.39 is 10.0 Å². The number of carbonyl (C=O) groups excluding carboxylic acids is 1. The lowest BCUT2D eigenvalue weighted by molar-refractivity contribution is 0.0943. The average molecular weight is 435 g/mol. The van der Waals surface area contributed by atoms with E-state index in [0.717, 1.165) is 12.1 Å². The number of hydrogen-bond acceptors (Lipinski definition) is 3. The Balaban J connectivity index is 1.64. The molecule has 0 spiro atoms. The Labute approximate surface area is 178 Å². The Kier molecular flexibility index (Phi) is 7.19. The van der Waals surface area contributed by atoms with Crippen molar-refractivity contribution < 1.29 is 13.2 Å². The quantitative estimate of drug-likeness (QED) is 0.691. The molecule has 3 rings (SSSR count). The van der Waals surface area contributed by atoms with Crippen molar-refractivity contribution in [3.8, 4) is 0 Å². The molecule has 1 saturated carbocycles. The van der Waals surface area contributed by atoms with Crippen molar-refractivity contribution in [2.45, 2.75) is 38.6 Å².